The van der Waals surface area contributed by atoms with Gasteiger partial charge in [0.15, 0.2) is 0 Å². The minimum atomic E-state index is -3.88. The Morgan fingerprint density at radius 3 is 2.77 bits per heavy atom. The second-order valence-corrected chi connectivity index (χ2v) is 8.91. The number of hydrogen-bond acceptors (Lipinski definition) is 4. The van der Waals surface area contributed by atoms with Crippen molar-refractivity contribution in [3.63, 3.8) is 0 Å². The summed E-state index contributed by atoms with van der Waals surface area (Å²) in [4.78, 5) is 14.2. The van der Waals surface area contributed by atoms with E-state index in [0.29, 0.717) is 29.1 Å². The molecule has 160 valence electrons. The first-order valence-electron chi connectivity index (χ1n) is 10.0. The van der Waals surface area contributed by atoms with E-state index in [1.54, 1.807) is 42.5 Å². The molecule has 1 aliphatic heterocycles. The highest BCUT2D eigenvalue weighted by molar-refractivity contribution is 7.90. The molecule has 0 aliphatic carbocycles. The number of nitriles is 1. The van der Waals surface area contributed by atoms with Gasteiger partial charge in [-0.2, -0.15) is 13.7 Å². The maximum absolute atomic E-state index is 12.8. The Labute approximate surface area is 182 Å². The van der Waals surface area contributed by atoms with Gasteiger partial charge in [0.2, 0.25) is 5.91 Å². The number of sulfonamides is 1. The van der Waals surface area contributed by atoms with Crippen molar-refractivity contribution in [3.8, 4) is 6.07 Å². The zero-order valence-electron chi connectivity index (χ0n) is 17.3. The van der Waals surface area contributed by atoms with Crippen LogP contribution in [0.25, 0.3) is 6.08 Å². The molecular formula is C23H24N4O3S. The monoisotopic (exact) mass is 436 g/mol. The zero-order valence-corrected chi connectivity index (χ0v) is 18.1. The molecule has 0 atom stereocenters. The van der Waals surface area contributed by atoms with Crippen molar-refractivity contribution in [3.05, 3.63) is 65.7 Å². The number of hydrogen-bond donors (Lipinski definition) is 1. The van der Waals surface area contributed by atoms with Gasteiger partial charge in [-0.15, -0.1) is 4.40 Å². The molecular weight excluding hydrogens is 412 g/mol. The van der Waals surface area contributed by atoms with Crippen molar-refractivity contribution in [1.82, 2.24) is 4.90 Å². The van der Waals surface area contributed by atoms with Crippen LogP contribution in [0.5, 0.6) is 0 Å². The normalized spacial score (nSPS) is 16.1. The smallest absolute Gasteiger partial charge is 0.284 e. The van der Waals surface area contributed by atoms with Crippen LogP contribution in [0, 0.1) is 11.3 Å². The first-order chi connectivity index (χ1) is 14.9. The highest BCUT2D eigenvalue weighted by Gasteiger charge is 2.18. The predicted molar refractivity (Wildman–Crippen MR) is 121 cm³/mol. The summed E-state index contributed by atoms with van der Waals surface area (Å²) in [5.74, 6) is 0.154. The highest BCUT2D eigenvalue weighted by Crippen LogP contribution is 2.20. The number of amides is 1. The molecule has 0 spiro atoms. The molecule has 1 fully saturated rings. The van der Waals surface area contributed by atoms with Crippen LogP contribution in [0.3, 0.4) is 0 Å². The number of rotatable bonds is 5. The lowest BCUT2D eigenvalue weighted by molar-refractivity contribution is -0.111. The standard InChI is InChI=1S/C23H24N4O3S/c1-27-14-4-2-3-11-22(27)26-31(29,30)21-10-6-9-20(16-21)25-23(28)13-12-18-7-5-8-19(15-18)17-24/h5-10,12-13,15-16H,2-4,11,14H2,1H3,(H,25,28)/b13-12+,26-22+. The van der Waals surface area contributed by atoms with Gasteiger partial charge in [0.05, 0.1) is 16.5 Å². The fourth-order valence-electron chi connectivity index (χ4n) is 3.24. The van der Waals surface area contributed by atoms with E-state index in [-0.39, 0.29) is 4.90 Å². The van der Waals surface area contributed by atoms with Gasteiger partial charge in [0, 0.05) is 31.8 Å². The average molecular weight is 437 g/mol. The van der Waals surface area contributed by atoms with E-state index in [4.69, 9.17) is 5.26 Å². The van der Waals surface area contributed by atoms with Crippen molar-refractivity contribution in [2.24, 2.45) is 4.40 Å². The molecule has 31 heavy (non-hydrogen) atoms. The molecule has 0 aromatic heterocycles. The van der Waals surface area contributed by atoms with Crippen LogP contribution in [-0.2, 0) is 14.8 Å². The van der Waals surface area contributed by atoms with Crippen LogP contribution < -0.4 is 5.32 Å². The van der Waals surface area contributed by atoms with Gasteiger partial charge in [0.1, 0.15) is 5.84 Å². The number of amidine groups is 1. The van der Waals surface area contributed by atoms with Crippen molar-refractivity contribution in [2.75, 3.05) is 18.9 Å². The van der Waals surface area contributed by atoms with Gasteiger partial charge in [0.25, 0.3) is 10.0 Å². The number of nitrogens with zero attached hydrogens (tertiary/aromatic N) is 3. The summed E-state index contributed by atoms with van der Waals surface area (Å²) in [7, 11) is -2.03. The molecule has 1 heterocycles. The lowest BCUT2D eigenvalue weighted by atomic mass is 10.1. The first kappa shape index (κ1) is 22.2. The molecule has 1 aliphatic rings. The Bertz CT molecular complexity index is 1160. The fraction of sp³-hybridized carbons (Fsp3) is 0.261. The Hall–Kier alpha value is -3.44. The minimum Gasteiger partial charge on any atom is -0.362 e. The molecule has 0 bridgehead atoms. The summed E-state index contributed by atoms with van der Waals surface area (Å²) in [6.07, 6.45) is 6.54. The van der Waals surface area contributed by atoms with Gasteiger partial charge >= 0.3 is 0 Å². The van der Waals surface area contributed by atoms with Gasteiger partial charge < -0.3 is 10.2 Å². The van der Waals surface area contributed by atoms with Gasteiger partial charge in [-0.05, 0) is 54.8 Å². The SMILES string of the molecule is CN1CCCCC/C1=N\S(=O)(=O)c1cccc(NC(=O)/C=C/c2cccc(C#N)c2)c1. The van der Waals surface area contributed by atoms with Crippen LogP contribution in [0.2, 0.25) is 0 Å². The van der Waals surface area contributed by atoms with E-state index in [0.717, 1.165) is 25.8 Å². The molecule has 0 saturated carbocycles. The fourth-order valence-corrected chi connectivity index (χ4v) is 4.38. The summed E-state index contributed by atoms with van der Waals surface area (Å²) in [5, 5.41) is 11.6. The molecule has 2 aromatic carbocycles. The Balaban J connectivity index is 1.74. The number of carbonyl (C=O) groups is 1. The lowest BCUT2D eigenvalue weighted by Gasteiger charge is -2.17. The maximum Gasteiger partial charge on any atom is 0.284 e. The molecule has 8 heteroatoms. The molecule has 0 unspecified atom stereocenters. The number of carbonyl (C=O) groups excluding carboxylic acids is 1. The Morgan fingerprint density at radius 2 is 1.97 bits per heavy atom. The summed E-state index contributed by atoms with van der Waals surface area (Å²) in [5.41, 5.74) is 1.58. The van der Waals surface area contributed by atoms with E-state index in [9.17, 15) is 13.2 Å². The van der Waals surface area contributed by atoms with Crippen LogP contribution in [0.15, 0.2) is 63.9 Å². The predicted octanol–water partition coefficient (Wildman–Crippen LogP) is 3.80. The number of benzene rings is 2. The van der Waals surface area contributed by atoms with E-state index in [1.165, 1.54) is 18.2 Å². The third-order valence-electron chi connectivity index (χ3n) is 4.90. The third-order valence-corrected chi connectivity index (χ3v) is 6.20. The second-order valence-electron chi connectivity index (χ2n) is 7.30. The molecule has 0 radical (unpaired) electrons. The van der Waals surface area contributed by atoms with Gasteiger partial charge in [-0.25, -0.2) is 0 Å². The number of anilines is 1. The zero-order chi connectivity index (χ0) is 22.3. The quantitative estimate of drug-likeness (QED) is 0.718. The first-order valence-corrected chi connectivity index (χ1v) is 11.5. The largest absolute Gasteiger partial charge is 0.362 e. The molecule has 2 aromatic rings. The Kier molecular flexibility index (Phi) is 7.21. The van der Waals surface area contributed by atoms with E-state index in [2.05, 4.69) is 9.71 Å². The summed E-state index contributed by atoms with van der Waals surface area (Å²) in [6, 6.07) is 15.0. The lowest BCUT2D eigenvalue weighted by Crippen LogP contribution is -2.26. The third kappa shape index (κ3) is 6.27. The highest BCUT2D eigenvalue weighted by atomic mass is 32.2. The van der Waals surface area contributed by atoms with Gasteiger partial charge in [-0.3, -0.25) is 4.79 Å². The van der Waals surface area contributed by atoms with Crippen molar-refractivity contribution in [2.45, 2.75) is 30.6 Å². The number of nitrogens with one attached hydrogen (secondary N) is 1. The molecule has 1 N–H and O–H groups in total. The van der Waals surface area contributed by atoms with E-state index >= 15 is 0 Å². The van der Waals surface area contributed by atoms with Crippen molar-refractivity contribution in [1.29, 1.82) is 5.26 Å². The van der Waals surface area contributed by atoms with Crippen LogP contribution >= 0.6 is 0 Å². The van der Waals surface area contributed by atoms with Crippen LogP contribution in [-0.4, -0.2) is 38.7 Å². The molecule has 3 rings (SSSR count). The van der Waals surface area contributed by atoms with Crippen molar-refractivity contribution < 1.29 is 13.2 Å². The van der Waals surface area contributed by atoms with Crippen LogP contribution in [0.4, 0.5) is 5.69 Å². The Morgan fingerprint density at radius 1 is 1.16 bits per heavy atom. The van der Waals surface area contributed by atoms with Gasteiger partial charge in [-0.1, -0.05) is 24.6 Å². The van der Waals surface area contributed by atoms with E-state index in [1.807, 2.05) is 18.0 Å². The molecule has 1 saturated heterocycles. The molecule has 7 nitrogen and oxygen atoms in total. The average Bonchev–Trinajstić information content (AvgIpc) is 2.96. The van der Waals surface area contributed by atoms with E-state index < -0.39 is 15.9 Å². The van der Waals surface area contributed by atoms with Crippen molar-refractivity contribution >= 4 is 33.5 Å². The second kappa shape index (κ2) is 10.0. The summed E-state index contributed by atoms with van der Waals surface area (Å²) < 4.78 is 29.7. The summed E-state index contributed by atoms with van der Waals surface area (Å²) in [6.45, 7) is 0.786. The maximum atomic E-state index is 12.8. The minimum absolute atomic E-state index is 0.0288. The van der Waals surface area contributed by atoms with Crippen LogP contribution in [0.1, 0.15) is 36.8 Å². The summed E-state index contributed by atoms with van der Waals surface area (Å²) >= 11 is 0. The number of likely N-dealkylation sites (tertiary alicyclic amines) is 1. The molecule has 1 amide bonds. The topological polar surface area (TPSA) is 103 Å².